The number of carbonyl (C=O) groups is 2. The van der Waals surface area contributed by atoms with Gasteiger partial charge in [-0.2, -0.15) is 0 Å². The Morgan fingerprint density at radius 1 is 1.06 bits per heavy atom. The van der Waals surface area contributed by atoms with Crippen molar-refractivity contribution in [3.63, 3.8) is 0 Å². The first kappa shape index (κ1) is 26.9. The number of nitrogens with zero attached hydrogens (tertiary/aromatic N) is 2. The Balaban J connectivity index is 1.27. The molecule has 0 aliphatic carbocycles. The zero-order valence-electron chi connectivity index (χ0n) is 20.6. The lowest BCUT2D eigenvalue weighted by Crippen LogP contribution is -2.12. The first-order chi connectivity index (χ1) is 16.7. The van der Waals surface area contributed by atoms with E-state index in [1.807, 2.05) is 18.3 Å². The van der Waals surface area contributed by atoms with E-state index in [-0.39, 0.29) is 17.1 Å². The molecule has 0 atom stereocenters. The zero-order chi connectivity index (χ0) is 25.3. The first-order valence-corrected chi connectivity index (χ1v) is 13.7. The molecule has 3 aromatic rings. The highest BCUT2D eigenvalue weighted by Crippen LogP contribution is 2.30. The minimum absolute atomic E-state index is 0.0334. The van der Waals surface area contributed by atoms with Gasteiger partial charge in [0.2, 0.25) is 11.8 Å². The highest BCUT2D eigenvalue weighted by Gasteiger charge is 2.19. The molecule has 0 saturated heterocycles. The van der Waals surface area contributed by atoms with Crippen LogP contribution in [0.15, 0.2) is 45.3 Å². The zero-order valence-corrected chi connectivity index (χ0v) is 22.3. The fourth-order valence-electron chi connectivity index (χ4n) is 3.34. The summed E-state index contributed by atoms with van der Waals surface area (Å²) in [5.74, 6) is 2.39. The van der Waals surface area contributed by atoms with Gasteiger partial charge < -0.3 is 15.5 Å². The summed E-state index contributed by atoms with van der Waals surface area (Å²) in [6.07, 6.45) is 8.45. The topological polar surface area (TPSA) is 111 Å². The summed E-state index contributed by atoms with van der Waals surface area (Å²) in [6, 6.07) is 7.23. The number of benzene rings is 1. The summed E-state index contributed by atoms with van der Waals surface area (Å²) in [7, 11) is 0. The first-order valence-electron chi connectivity index (χ1n) is 11.9. The summed E-state index contributed by atoms with van der Waals surface area (Å²) in [5.41, 5.74) is 7.00. The van der Waals surface area contributed by atoms with E-state index in [1.165, 1.54) is 0 Å². The average Bonchev–Trinajstić information content (AvgIpc) is 3.46. The van der Waals surface area contributed by atoms with E-state index in [4.69, 9.17) is 10.2 Å². The van der Waals surface area contributed by atoms with Crippen molar-refractivity contribution in [3.8, 4) is 0 Å². The smallest absolute Gasteiger partial charge is 0.224 e. The Bertz CT molecular complexity index is 1120. The molecule has 2 aromatic heterocycles. The number of amides is 1. The third-order valence-electron chi connectivity index (χ3n) is 5.36. The summed E-state index contributed by atoms with van der Waals surface area (Å²) in [6.45, 7) is 6.29. The number of nitrogens with two attached hydrogens (primary N) is 1. The summed E-state index contributed by atoms with van der Waals surface area (Å²) in [4.78, 5) is 33.1. The number of nitrogens with one attached hydrogen (secondary N) is 1. The molecule has 0 radical (unpaired) electrons. The maximum atomic E-state index is 12.3. The molecule has 0 saturated carbocycles. The molecule has 0 bridgehead atoms. The highest BCUT2D eigenvalue weighted by atomic mass is 32.2. The van der Waals surface area contributed by atoms with Gasteiger partial charge in [0.1, 0.15) is 16.6 Å². The second-order valence-electron chi connectivity index (χ2n) is 9.50. The number of aromatic nitrogens is 2. The number of oxazole rings is 1. The lowest BCUT2D eigenvalue weighted by Gasteiger charge is -2.12. The monoisotopic (exact) mass is 514 g/mol. The van der Waals surface area contributed by atoms with E-state index < -0.39 is 0 Å². The number of thioether (sulfide) groups is 1. The van der Waals surface area contributed by atoms with Crippen molar-refractivity contribution in [2.45, 2.75) is 81.1 Å². The lowest BCUT2D eigenvalue weighted by molar-refractivity contribution is -0.118. The van der Waals surface area contributed by atoms with Crippen LogP contribution < -0.4 is 11.1 Å². The van der Waals surface area contributed by atoms with Crippen LogP contribution in [-0.2, 0) is 27.2 Å². The third-order valence-corrected chi connectivity index (χ3v) is 7.53. The number of anilines is 2. The quantitative estimate of drug-likeness (QED) is 0.154. The molecule has 188 valence electrons. The van der Waals surface area contributed by atoms with Gasteiger partial charge in [0.05, 0.1) is 40.2 Å². The van der Waals surface area contributed by atoms with Gasteiger partial charge in [-0.25, -0.2) is 9.97 Å². The van der Waals surface area contributed by atoms with Crippen molar-refractivity contribution in [1.29, 1.82) is 0 Å². The molecule has 0 aliphatic heterocycles. The van der Waals surface area contributed by atoms with E-state index >= 15 is 0 Å². The van der Waals surface area contributed by atoms with Crippen molar-refractivity contribution in [1.82, 2.24) is 9.97 Å². The SMILES string of the molecule is CC(C)(C)c1cnc(CSc2cnc(CC(=O)CCCCCCC(=O)Nc3ccccc3N)s2)o1. The molecule has 0 aliphatic rings. The van der Waals surface area contributed by atoms with Crippen LogP contribution in [0.25, 0.3) is 0 Å². The van der Waals surface area contributed by atoms with Gasteiger partial charge >= 0.3 is 0 Å². The van der Waals surface area contributed by atoms with E-state index in [1.54, 1.807) is 41.4 Å². The van der Waals surface area contributed by atoms with Crippen molar-refractivity contribution in [3.05, 3.63) is 53.3 Å². The van der Waals surface area contributed by atoms with Gasteiger partial charge in [0, 0.05) is 18.3 Å². The molecule has 9 heteroatoms. The predicted molar refractivity (Wildman–Crippen MR) is 143 cm³/mol. The van der Waals surface area contributed by atoms with E-state index in [2.05, 4.69) is 36.1 Å². The van der Waals surface area contributed by atoms with Crippen LogP contribution in [0.3, 0.4) is 0 Å². The number of nitrogen functional groups attached to an aromatic ring is 1. The van der Waals surface area contributed by atoms with Crippen molar-refractivity contribution >= 4 is 46.2 Å². The number of Topliss-reactive ketones (excluding diaryl/α,β-unsaturated/α-hetero) is 1. The number of unbranched alkanes of at least 4 members (excludes halogenated alkanes) is 3. The molecular weight excluding hydrogens is 480 g/mol. The number of hydrogen-bond donors (Lipinski definition) is 2. The minimum atomic E-state index is -0.0556. The van der Waals surface area contributed by atoms with Crippen molar-refractivity contribution < 1.29 is 14.0 Å². The highest BCUT2D eigenvalue weighted by molar-refractivity contribution is 8.00. The number of rotatable bonds is 13. The molecule has 3 rings (SSSR count). The summed E-state index contributed by atoms with van der Waals surface area (Å²) >= 11 is 3.18. The van der Waals surface area contributed by atoms with Gasteiger partial charge in [0.15, 0.2) is 0 Å². The number of carbonyl (C=O) groups excluding carboxylic acids is 2. The molecule has 3 N–H and O–H groups in total. The maximum Gasteiger partial charge on any atom is 0.224 e. The fraction of sp³-hybridized carbons (Fsp3) is 0.462. The largest absolute Gasteiger partial charge is 0.444 e. The van der Waals surface area contributed by atoms with Gasteiger partial charge in [-0.3, -0.25) is 9.59 Å². The van der Waals surface area contributed by atoms with Crippen molar-refractivity contribution in [2.75, 3.05) is 11.1 Å². The average molecular weight is 515 g/mol. The second kappa shape index (κ2) is 12.9. The second-order valence-corrected chi connectivity index (χ2v) is 11.9. The van der Waals surface area contributed by atoms with E-state index in [0.29, 0.717) is 42.3 Å². The molecular formula is C26H34N4O3S2. The standard InChI is InChI=1S/C26H34N4O3S2/c1-26(2,3)21-15-28-23(33-21)17-34-25-16-29-24(35-25)14-18(31)10-6-4-5-7-13-22(32)30-20-12-9-8-11-19(20)27/h8-9,11-12,15-16H,4-7,10,13-14,17,27H2,1-3H3,(H,30,32). The molecule has 0 unspecified atom stereocenters. The number of para-hydroxylation sites is 2. The van der Waals surface area contributed by atoms with Crippen LogP contribution in [0.1, 0.15) is 76.0 Å². The maximum absolute atomic E-state index is 12.3. The summed E-state index contributed by atoms with van der Waals surface area (Å²) in [5, 5.41) is 3.68. The third kappa shape index (κ3) is 9.14. The van der Waals surface area contributed by atoms with Gasteiger partial charge in [-0.1, -0.05) is 45.7 Å². The predicted octanol–water partition coefficient (Wildman–Crippen LogP) is 6.39. The van der Waals surface area contributed by atoms with Gasteiger partial charge in [-0.05, 0) is 25.0 Å². The Labute approximate surface area is 215 Å². The molecule has 0 fully saturated rings. The Morgan fingerprint density at radius 3 is 2.51 bits per heavy atom. The number of thiazole rings is 1. The van der Waals surface area contributed by atoms with Crippen LogP contribution in [-0.4, -0.2) is 21.7 Å². The van der Waals surface area contributed by atoms with Crippen LogP contribution in [0, 0.1) is 0 Å². The Kier molecular flexibility index (Phi) is 9.92. The number of ketones is 1. The normalized spacial score (nSPS) is 11.5. The molecule has 1 amide bonds. The molecule has 7 nitrogen and oxygen atoms in total. The van der Waals surface area contributed by atoms with Gasteiger partial charge in [0.25, 0.3) is 0 Å². The Hall–Kier alpha value is -2.65. The minimum Gasteiger partial charge on any atom is -0.444 e. The van der Waals surface area contributed by atoms with E-state index in [9.17, 15) is 9.59 Å². The van der Waals surface area contributed by atoms with Crippen LogP contribution in [0.4, 0.5) is 11.4 Å². The lowest BCUT2D eigenvalue weighted by atomic mass is 9.94. The summed E-state index contributed by atoms with van der Waals surface area (Å²) < 4.78 is 6.88. The van der Waals surface area contributed by atoms with Crippen LogP contribution >= 0.6 is 23.1 Å². The van der Waals surface area contributed by atoms with Crippen LogP contribution in [0.2, 0.25) is 0 Å². The Morgan fingerprint density at radius 2 is 1.80 bits per heavy atom. The van der Waals surface area contributed by atoms with Crippen molar-refractivity contribution in [2.24, 2.45) is 0 Å². The van der Waals surface area contributed by atoms with E-state index in [0.717, 1.165) is 40.7 Å². The fourth-order valence-corrected chi connectivity index (χ4v) is 5.24. The van der Waals surface area contributed by atoms with Gasteiger partial charge in [-0.15, -0.1) is 23.1 Å². The molecule has 0 spiro atoms. The van der Waals surface area contributed by atoms with Crippen LogP contribution in [0.5, 0.6) is 0 Å². The number of hydrogen-bond acceptors (Lipinski definition) is 8. The molecule has 35 heavy (non-hydrogen) atoms. The molecule has 2 heterocycles. The molecule has 1 aromatic carbocycles.